The Morgan fingerprint density at radius 1 is 1.04 bits per heavy atom. The Hall–Kier alpha value is -1.18. The van der Waals surface area contributed by atoms with Crippen molar-refractivity contribution < 1.29 is 9.84 Å². The lowest BCUT2D eigenvalue weighted by molar-refractivity contribution is -0.163. The topological polar surface area (TPSA) is 29.5 Å². The smallest absolute Gasteiger partial charge is 0.164 e. The number of phenols is 1. The largest absolute Gasteiger partial charge is 0.504 e. The molecule has 0 amide bonds. The van der Waals surface area contributed by atoms with Crippen molar-refractivity contribution in [2.24, 2.45) is 22.7 Å². The second-order valence-corrected chi connectivity index (χ2v) is 9.38. The molecule has 0 aromatic heterocycles. The third-order valence-electron chi connectivity index (χ3n) is 7.57. The molecule has 126 valence electrons. The van der Waals surface area contributed by atoms with Gasteiger partial charge < -0.3 is 9.84 Å². The average Bonchev–Trinajstić information content (AvgIpc) is 2.46. The maximum absolute atomic E-state index is 10.2. The highest BCUT2D eigenvalue weighted by molar-refractivity contribution is 5.48. The number of fused-ring (bicyclic) bond motifs is 4. The molecule has 2 nitrogen and oxygen atoms in total. The number of hydrogen-bond donors (Lipinski definition) is 1. The van der Waals surface area contributed by atoms with Crippen LogP contribution in [0.2, 0.25) is 0 Å². The van der Waals surface area contributed by atoms with Crippen LogP contribution in [0.5, 0.6) is 11.5 Å². The predicted molar refractivity (Wildman–Crippen MR) is 92.8 cm³/mol. The molecule has 1 aromatic rings. The predicted octanol–water partition coefficient (Wildman–Crippen LogP) is 5.33. The maximum atomic E-state index is 10.2. The molecule has 2 heteroatoms. The van der Waals surface area contributed by atoms with Gasteiger partial charge in [-0.2, -0.15) is 0 Å². The van der Waals surface area contributed by atoms with Gasteiger partial charge in [-0.3, -0.25) is 0 Å². The van der Waals surface area contributed by atoms with Gasteiger partial charge in [-0.05, 0) is 67.4 Å². The summed E-state index contributed by atoms with van der Waals surface area (Å²) in [6.07, 6.45) is 7.41. The Labute approximate surface area is 140 Å². The summed E-state index contributed by atoms with van der Waals surface area (Å²) in [5, 5.41) is 10.2. The van der Waals surface area contributed by atoms with E-state index in [2.05, 4.69) is 33.8 Å². The van der Waals surface area contributed by atoms with E-state index in [0.29, 0.717) is 22.5 Å². The summed E-state index contributed by atoms with van der Waals surface area (Å²) in [6.45, 7) is 9.76. The van der Waals surface area contributed by atoms with E-state index in [1.54, 1.807) is 6.07 Å². The molecular weight excluding hydrogens is 284 g/mol. The first-order chi connectivity index (χ1) is 10.8. The molecule has 0 bridgehead atoms. The van der Waals surface area contributed by atoms with Gasteiger partial charge in [0.25, 0.3) is 0 Å². The number of para-hydroxylation sites is 1. The van der Waals surface area contributed by atoms with E-state index in [1.165, 1.54) is 31.2 Å². The highest BCUT2D eigenvalue weighted by Crippen LogP contribution is 2.64. The molecular formula is C21H30O2. The molecule has 2 aliphatic carbocycles. The minimum Gasteiger partial charge on any atom is -0.504 e. The summed E-state index contributed by atoms with van der Waals surface area (Å²) in [6, 6.07) is 5.84. The van der Waals surface area contributed by atoms with Crippen LogP contribution in [0.3, 0.4) is 0 Å². The van der Waals surface area contributed by atoms with Gasteiger partial charge in [-0.15, -0.1) is 0 Å². The van der Waals surface area contributed by atoms with Gasteiger partial charge in [-0.1, -0.05) is 39.3 Å². The van der Waals surface area contributed by atoms with Crippen molar-refractivity contribution in [3.63, 3.8) is 0 Å². The highest BCUT2D eigenvalue weighted by Gasteiger charge is 2.60. The molecule has 4 atom stereocenters. The Morgan fingerprint density at radius 2 is 1.83 bits per heavy atom. The molecule has 0 radical (unpaired) electrons. The monoisotopic (exact) mass is 314 g/mol. The van der Waals surface area contributed by atoms with Crippen LogP contribution >= 0.6 is 0 Å². The van der Waals surface area contributed by atoms with Crippen molar-refractivity contribution in [3.05, 3.63) is 23.8 Å². The Balaban J connectivity index is 1.79. The van der Waals surface area contributed by atoms with E-state index < -0.39 is 0 Å². The molecule has 4 rings (SSSR count). The first-order valence-electron chi connectivity index (χ1n) is 9.26. The van der Waals surface area contributed by atoms with Gasteiger partial charge in [0.2, 0.25) is 0 Å². The third-order valence-corrected chi connectivity index (χ3v) is 7.57. The van der Waals surface area contributed by atoms with E-state index in [0.717, 1.165) is 24.5 Å². The zero-order valence-corrected chi connectivity index (χ0v) is 15.0. The molecule has 2 saturated carbocycles. The van der Waals surface area contributed by atoms with Crippen LogP contribution in [-0.4, -0.2) is 10.7 Å². The Kier molecular flexibility index (Phi) is 3.12. The van der Waals surface area contributed by atoms with Gasteiger partial charge in [0.1, 0.15) is 5.60 Å². The molecule has 1 N–H and O–H groups in total. The van der Waals surface area contributed by atoms with Gasteiger partial charge in [0.05, 0.1) is 0 Å². The van der Waals surface area contributed by atoms with Crippen LogP contribution in [0.15, 0.2) is 18.2 Å². The first-order valence-corrected chi connectivity index (χ1v) is 9.26. The number of aromatic hydroxyl groups is 1. The quantitative estimate of drug-likeness (QED) is 0.701. The standard InChI is InChI=1S/C21H30O2/c1-19(2)10-6-11-20(3)16(19)9-12-21(4)17(20)13-14-7-5-8-15(22)18(14)23-21/h5,7-8,16-17,22H,6,9-13H2,1-4H3/t16-,17+,20-,21+/m0/s1. The minimum atomic E-state index is -0.134. The van der Waals surface area contributed by atoms with Gasteiger partial charge in [0.15, 0.2) is 11.5 Å². The number of ether oxygens (including phenoxy) is 1. The van der Waals surface area contributed by atoms with E-state index in [-0.39, 0.29) is 5.60 Å². The zero-order valence-electron chi connectivity index (χ0n) is 15.0. The molecule has 1 aromatic carbocycles. The summed E-state index contributed by atoms with van der Waals surface area (Å²) in [5.74, 6) is 2.37. The zero-order chi connectivity index (χ0) is 16.5. The number of rotatable bonds is 0. The van der Waals surface area contributed by atoms with Crippen molar-refractivity contribution in [3.8, 4) is 11.5 Å². The van der Waals surface area contributed by atoms with Crippen LogP contribution in [0.25, 0.3) is 0 Å². The van der Waals surface area contributed by atoms with Gasteiger partial charge in [0, 0.05) is 5.92 Å². The highest BCUT2D eigenvalue weighted by atomic mass is 16.5. The fourth-order valence-electron chi connectivity index (χ4n) is 6.48. The molecule has 3 aliphatic rings. The fraction of sp³-hybridized carbons (Fsp3) is 0.714. The molecule has 1 heterocycles. The maximum Gasteiger partial charge on any atom is 0.164 e. The summed E-state index contributed by atoms with van der Waals surface area (Å²) in [4.78, 5) is 0. The molecule has 23 heavy (non-hydrogen) atoms. The van der Waals surface area contributed by atoms with Crippen LogP contribution in [0.1, 0.15) is 65.4 Å². The van der Waals surface area contributed by atoms with Crippen LogP contribution < -0.4 is 4.74 Å². The molecule has 0 unspecified atom stereocenters. The lowest BCUT2D eigenvalue weighted by Crippen LogP contribution is -2.61. The lowest BCUT2D eigenvalue weighted by atomic mass is 9.44. The van der Waals surface area contributed by atoms with Gasteiger partial charge >= 0.3 is 0 Å². The average molecular weight is 314 g/mol. The summed E-state index contributed by atoms with van der Waals surface area (Å²) in [7, 11) is 0. The fourth-order valence-corrected chi connectivity index (χ4v) is 6.48. The summed E-state index contributed by atoms with van der Waals surface area (Å²) < 4.78 is 6.49. The van der Waals surface area contributed by atoms with Crippen molar-refractivity contribution in [1.82, 2.24) is 0 Å². The second kappa shape index (κ2) is 4.68. The SMILES string of the molecule is CC1(C)CCC[C@]2(C)[C@H]3Cc4cccc(O)c4O[C@]3(C)CC[C@@H]12. The third kappa shape index (κ3) is 2.06. The van der Waals surface area contributed by atoms with Crippen molar-refractivity contribution in [2.45, 2.75) is 71.8 Å². The van der Waals surface area contributed by atoms with E-state index in [9.17, 15) is 5.11 Å². The number of phenolic OH excluding ortho intramolecular Hbond substituents is 1. The van der Waals surface area contributed by atoms with Crippen LogP contribution in [0.4, 0.5) is 0 Å². The molecule has 2 fully saturated rings. The first kappa shape index (κ1) is 15.4. The molecule has 0 spiro atoms. The Morgan fingerprint density at radius 3 is 2.61 bits per heavy atom. The van der Waals surface area contributed by atoms with Crippen LogP contribution in [-0.2, 0) is 6.42 Å². The number of hydrogen-bond acceptors (Lipinski definition) is 2. The minimum absolute atomic E-state index is 0.134. The van der Waals surface area contributed by atoms with Crippen molar-refractivity contribution in [1.29, 1.82) is 0 Å². The normalized spacial score (nSPS) is 41.2. The van der Waals surface area contributed by atoms with Crippen molar-refractivity contribution in [2.75, 3.05) is 0 Å². The van der Waals surface area contributed by atoms with E-state index in [4.69, 9.17) is 4.74 Å². The van der Waals surface area contributed by atoms with Crippen LogP contribution in [0, 0.1) is 22.7 Å². The van der Waals surface area contributed by atoms with E-state index >= 15 is 0 Å². The summed E-state index contributed by atoms with van der Waals surface area (Å²) >= 11 is 0. The van der Waals surface area contributed by atoms with Gasteiger partial charge in [-0.25, -0.2) is 0 Å². The molecule has 1 aliphatic heterocycles. The Bertz CT molecular complexity index is 635. The second-order valence-electron chi connectivity index (χ2n) is 9.38. The molecule has 0 saturated heterocycles. The summed E-state index contributed by atoms with van der Waals surface area (Å²) in [5.41, 5.74) is 1.84. The van der Waals surface area contributed by atoms with Crippen molar-refractivity contribution >= 4 is 0 Å². The number of benzene rings is 1. The lowest BCUT2D eigenvalue weighted by Gasteiger charge is -2.63. The van der Waals surface area contributed by atoms with E-state index in [1.807, 2.05) is 6.07 Å².